The quantitative estimate of drug-likeness (QED) is 0.434. The lowest BCUT2D eigenvalue weighted by Crippen LogP contribution is -2.50. The van der Waals surface area contributed by atoms with Crippen molar-refractivity contribution < 1.29 is 19.8 Å². The SMILES string of the molecule is C=CCC(CC(=O)NC1(CO)CCCC1)C(=O)NC(CO)Cc1ccccc1. The Morgan fingerprint density at radius 1 is 1.18 bits per heavy atom. The van der Waals surface area contributed by atoms with Crippen LogP contribution in [0.15, 0.2) is 43.0 Å². The van der Waals surface area contributed by atoms with Crippen molar-refractivity contribution >= 4 is 11.8 Å². The van der Waals surface area contributed by atoms with Gasteiger partial charge in [0.2, 0.25) is 11.8 Å². The average Bonchev–Trinajstić information content (AvgIpc) is 3.16. The Morgan fingerprint density at radius 3 is 2.43 bits per heavy atom. The zero-order chi connectivity index (χ0) is 20.4. The average molecular weight is 389 g/mol. The van der Waals surface area contributed by atoms with Gasteiger partial charge in [-0.15, -0.1) is 6.58 Å². The van der Waals surface area contributed by atoms with Crippen LogP contribution in [0, 0.1) is 5.92 Å². The second-order valence-corrected chi connectivity index (χ2v) is 7.70. The Labute approximate surface area is 167 Å². The first kappa shape index (κ1) is 22.1. The summed E-state index contributed by atoms with van der Waals surface area (Å²) in [5.74, 6) is -1.06. The number of nitrogens with one attached hydrogen (secondary N) is 2. The molecule has 0 bridgehead atoms. The van der Waals surface area contributed by atoms with E-state index in [4.69, 9.17) is 0 Å². The third kappa shape index (κ3) is 6.46. The molecule has 1 saturated carbocycles. The number of rotatable bonds is 11. The van der Waals surface area contributed by atoms with Gasteiger partial charge in [0, 0.05) is 6.42 Å². The van der Waals surface area contributed by atoms with Crippen molar-refractivity contribution in [1.29, 1.82) is 0 Å². The number of carbonyl (C=O) groups is 2. The molecule has 2 unspecified atom stereocenters. The second kappa shape index (κ2) is 11.0. The van der Waals surface area contributed by atoms with E-state index >= 15 is 0 Å². The minimum absolute atomic E-state index is 0.0308. The Bertz CT molecular complexity index is 641. The van der Waals surface area contributed by atoms with Gasteiger partial charge >= 0.3 is 0 Å². The molecule has 2 atom stereocenters. The van der Waals surface area contributed by atoms with Crippen LogP contribution in [0.1, 0.15) is 44.1 Å². The van der Waals surface area contributed by atoms with Crippen molar-refractivity contribution in [2.75, 3.05) is 13.2 Å². The molecule has 0 heterocycles. The zero-order valence-corrected chi connectivity index (χ0v) is 16.4. The van der Waals surface area contributed by atoms with E-state index in [0.29, 0.717) is 12.8 Å². The molecule has 1 aliphatic carbocycles. The van der Waals surface area contributed by atoms with Crippen molar-refractivity contribution in [3.05, 3.63) is 48.6 Å². The summed E-state index contributed by atoms with van der Waals surface area (Å²) in [6.07, 6.45) is 6.03. The van der Waals surface area contributed by atoms with Crippen LogP contribution in [0.2, 0.25) is 0 Å². The zero-order valence-electron chi connectivity index (χ0n) is 16.4. The van der Waals surface area contributed by atoms with E-state index in [1.54, 1.807) is 6.08 Å². The first-order valence-electron chi connectivity index (χ1n) is 10.00. The Hall–Kier alpha value is -2.18. The van der Waals surface area contributed by atoms with Gasteiger partial charge in [0.05, 0.1) is 30.7 Å². The lowest BCUT2D eigenvalue weighted by Gasteiger charge is -2.29. The van der Waals surface area contributed by atoms with Crippen molar-refractivity contribution in [2.45, 2.75) is 56.5 Å². The first-order valence-corrected chi connectivity index (χ1v) is 10.00. The Balaban J connectivity index is 1.94. The van der Waals surface area contributed by atoms with Crippen LogP contribution >= 0.6 is 0 Å². The van der Waals surface area contributed by atoms with Gasteiger partial charge in [0.1, 0.15) is 0 Å². The third-order valence-corrected chi connectivity index (χ3v) is 5.41. The molecular weight excluding hydrogens is 356 g/mol. The van der Waals surface area contributed by atoms with Crippen molar-refractivity contribution in [2.24, 2.45) is 5.92 Å². The molecule has 1 aromatic carbocycles. The molecule has 0 saturated heterocycles. The lowest BCUT2D eigenvalue weighted by molar-refractivity contribution is -0.132. The van der Waals surface area contributed by atoms with Crippen molar-refractivity contribution in [1.82, 2.24) is 10.6 Å². The Kier molecular flexibility index (Phi) is 8.67. The fourth-order valence-corrected chi connectivity index (χ4v) is 3.81. The van der Waals surface area contributed by atoms with Gasteiger partial charge in [-0.25, -0.2) is 0 Å². The molecule has 6 nitrogen and oxygen atoms in total. The molecule has 1 fully saturated rings. The lowest BCUT2D eigenvalue weighted by atomic mass is 9.95. The fraction of sp³-hybridized carbons (Fsp3) is 0.545. The molecule has 4 N–H and O–H groups in total. The van der Waals surface area contributed by atoms with Gasteiger partial charge in [-0.05, 0) is 31.2 Å². The van der Waals surface area contributed by atoms with Crippen molar-refractivity contribution in [3.63, 3.8) is 0 Å². The topological polar surface area (TPSA) is 98.7 Å². The smallest absolute Gasteiger partial charge is 0.224 e. The number of benzene rings is 1. The minimum Gasteiger partial charge on any atom is -0.394 e. The third-order valence-electron chi connectivity index (χ3n) is 5.41. The molecule has 0 aromatic heterocycles. The van der Waals surface area contributed by atoms with Crippen molar-refractivity contribution in [3.8, 4) is 0 Å². The highest BCUT2D eigenvalue weighted by molar-refractivity contribution is 5.86. The first-order chi connectivity index (χ1) is 13.5. The summed E-state index contributed by atoms with van der Waals surface area (Å²) in [6.45, 7) is 3.43. The van der Waals surface area contributed by atoms with Crippen LogP contribution in [0.5, 0.6) is 0 Å². The second-order valence-electron chi connectivity index (χ2n) is 7.70. The molecule has 6 heteroatoms. The van der Waals surface area contributed by atoms with E-state index in [-0.39, 0.29) is 31.4 Å². The number of aliphatic hydroxyl groups is 2. The molecule has 1 aromatic rings. The Morgan fingerprint density at radius 2 is 1.86 bits per heavy atom. The minimum atomic E-state index is -0.556. The predicted octanol–water partition coefficient (Wildman–Crippen LogP) is 1.71. The molecule has 0 aliphatic heterocycles. The number of aliphatic hydroxyl groups excluding tert-OH is 2. The number of hydrogen-bond acceptors (Lipinski definition) is 4. The van der Waals surface area contributed by atoms with E-state index in [1.165, 1.54) is 0 Å². The fourth-order valence-electron chi connectivity index (χ4n) is 3.81. The van der Waals surface area contributed by atoms with E-state index in [0.717, 1.165) is 31.2 Å². The normalized spacial score (nSPS) is 17.5. The summed E-state index contributed by atoms with van der Waals surface area (Å²) in [7, 11) is 0. The largest absolute Gasteiger partial charge is 0.394 e. The maximum absolute atomic E-state index is 12.7. The number of hydrogen-bond donors (Lipinski definition) is 4. The summed E-state index contributed by atoms with van der Waals surface area (Å²) in [6, 6.07) is 9.22. The van der Waals surface area contributed by atoms with Gasteiger partial charge in [-0.1, -0.05) is 49.2 Å². The monoisotopic (exact) mass is 388 g/mol. The maximum atomic E-state index is 12.7. The van der Waals surface area contributed by atoms with Gasteiger partial charge in [-0.3, -0.25) is 9.59 Å². The van der Waals surface area contributed by atoms with E-state index in [1.807, 2.05) is 30.3 Å². The van der Waals surface area contributed by atoms with Gasteiger partial charge in [-0.2, -0.15) is 0 Å². The van der Waals surface area contributed by atoms with Gasteiger partial charge < -0.3 is 20.8 Å². The standard InChI is InChI=1S/C22H32N2O4/c1-2-8-18(14-20(27)24-22(16-26)11-6-7-12-22)21(28)23-19(15-25)13-17-9-4-3-5-10-17/h2-5,9-10,18-19,25-26H,1,6-8,11-16H2,(H,23,28)(H,24,27). The summed E-state index contributed by atoms with van der Waals surface area (Å²) < 4.78 is 0. The van der Waals surface area contributed by atoms with Crippen LogP contribution in [-0.4, -0.2) is 46.8 Å². The molecule has 0 spiro atoms. The van der Waals surface area contributed by atoms with E-state index in [2.05, 4.69) is 17.2 Å². The summed E-state index contributed by atoms with van der Waals surface area (Å²) >= 11 is 0. The van der Waals surface area contributed by atoms with Gasteiger partial charge in [0.25, 0.3) is 0 Å². The summed E-state index contributed by atoms with van der Waals surface area (Å²) in [4.78, 5) is 25.2. The number of carbonyl (C=O) groups excluding carboxylic acids is 2. The molecule has 28 heavy (non-hydrogen) atoms. The van der Waals surface area contributed by atoms with Crippen LogP contribution in [-0.2, 0) is 16.0 Å². The molecule has 2 amide bonds. The van der Waals surface area contributed by atoms with Gasteiger partial charge in [0.15, 0.2) is 0 Å². The molecule has 0 radical (unpaired) electrons. The molecule has 1 aliphatic rings. The van der Waals surface area contributed by atoms with E-state index in [9.17, 15) is 19.8 Å². The highest BCUT2D eigenvalue weighted by Crippen LogP contribution is 2.29. The van der Waals surface area contributed by atoms with Crippen LogP contribution < -0.4 is 10.6 Å². The molecule has 2 rings (SSSR count). The highest BCUT2D eigenvalue weighted by atomic mass is 16.3. The number of amides is 2. The van der Waals surface area contributed by atoms with E-state index < -0.39 is 17.5 Å². The van der Waals surface area contributed by atoms with Crippen LogP contribution in [0.25, 0.3) is 0 Å². The summed E-state index contributed by atoms with van der Waals surface area (Å²) in [5, 5.41) is 25.1. The number of allylic oxidation sites excluding steroid dienone is 1. The van der Waals surface area contributed by atoms with Crippen LogP contribution in [0.4, 0.5) is 0 Å². The summed E-state index contributed by atoms with van der Waals surface area (Å²) in [5.41, 5.74) is 0.471. The molecule has 154 valence electrons. The molecular formula is C22H32N2O4. The predicted molar refractivity (Wildman–Crippen MR) is 109 cm³/mol. The van der Waals surface area contributed by atoms with Crippen LogP contribution in [0.3, 0.4) is 0 Å². The highest BCUT2D eigenvalue weighted by Gasteiger charge is 2.35. The maximum Gasteiger partial charge on any atom is 0.224 e.